The normalized spacial score (nSPS) is 17.0. The standard InChI is InChI=1S/C19H27FN2O3/c1-14(2)17(22-8-10-25-11-9-22)13-21-19(23)7-5-15-4-6-18(24-3)16(20)12-15/h4-7,12,14,17H,8-11,13H2,1-3H3,(H,21,23). The largest absolute Gasteiger partial charge is 0.494 e. The number of methoxy groups -OCH3 is 1. The molecule has 1 amide bonds. The van der Waals surface area contributed by atoms with Gasteiger partial charge in [-0.1, -0.05) is 19.9 Å². The third kappa shape index (κ3) is 5.83. The second kappa shape index (κ2) is 9.53. The summed E-state index contributed by atoms with van der Waals surface area (Å²) in [6, 6.07) is 4.86. The van der Waals surface area contributed by atoms with E-state index in [1.807, 2.05) is 0 Å². The fourth-order valence-corrected chi connectivity index (χ4v) is 2.92. The minimum atomic E-state index is -0.447. The third-order valence-electron chi connectivity index (χ3n) is 4.37. The molecule has 1 aromatic carbocycles. The average molecular weight is 350 g/mol. The predicted molar refractivity (Wildman–Crippen MR) is 96.0 cm³/mol. The van der Waals surface area contributed by atoms with E-state index in [9.17, 15) is 9.18 Å². The molecule has 6 heteroatoms. The van der Waals surface area contributed by atoms with Crippen LogP contribution in [0.2, 0.25) is 0 Å². The van der Waals surface area contributed by atoms with Crippen molar-refractivity contribution in [3.8, 4) is 5.75 Å². The SMILES string of the molecule is COc1ccc(C=CC(=O)NCC(C(C)C)N2CCOCC2)cc1F. The van der Waals surface area contributed by atoms with Gasteiger partial charge >= 0.3 is 0 Å². The maximum Gasteiger partial charge on any atom is 0.244 e. The van der Waals surface area contributed by atoms with Crippen LogP contribution in [0.15, 0.2) is 24.3 Å². The molecule has 0 saturated carbocycles. The van der Waals surface area contributed by atoms with Crippen LogP contribution in [0.25, 0.3) is 6.08 Å². The molecule has 25 heavy (non-hydrogen) atoms. The topological polar surface area (TPSA) is 50.8 Å². The van der Waals surface area contributed by atoms with Gasteiger partial charge in [-0.3, -0.25) is 9.69 Å². The molecule has 0 aliphatic carbocycles. The van der Waals surface area contributed by atoms with Crippen molar-refractivity contribution in [2.75, 3.05) is 40.0 Å². The second-order valence-electron chi connectivity index (χ2n) is 6.43. The van der Waals surface area contributed by atoms with E-state index in [0.717, 1.165) is 26.3 Å². The Bertz CT molecular complexity index is 598. The van der Waals surface area contributed by atoms with Gasteiger partial charge in [0.1, 0.15) is 0 Å². The lowest BCUT2D eigenvalue weighted by atomic mass is 10.0. The Balaban J connectivity index is 1.88. The minimum absolute atomic E-state index is 0.185. The molecule has 1 fully saturated rings. The Morgan fingerprint density at radius 1 is 1.40 bits per heavy atom. The van der Waals surface area contributed by atoms with Crippen molar-refractivity contribution in [2.24, 2.45) is 5.92 Å². The lowest BCUT2D eigenvalue weighted by Gasteiger charge is -2.36. The minimum Gasteiger partial charge on any atom is -0.494 e. The van der Waals surface area contributed by atoms with Crippen molar-refractivity contribution in [2.45, 2.75) is 19.9 Å². The van der Waals surface area contributed by atoms with Gasteiger partial charge in [0, 0.05) is 31.8 Å². The molecule has 0 bridgehead atoms. The Morgan fingerprint density at radius 2 is 2.12 bits per heavy atom. The molecule has 1 unspecified atom stereocenters. The number of carbonyl (C=O) groups excluding carboxylic acids is 1. The molecule has 1 N–H and O–H groups in total. The molecule has 1 aliphatic heterocycles. The summed E-state index contributed by atoms with van der Waals surface area (Å²) in [5, 5.41) is 2.94. The number of hydrogen-bond donors (Lipinski definition) is 1. The quantitative estimate of drug-likeness (QED) is 0.767. The summed E-state index contributed by atoms with van der Waals surface area (Å²) in [4.78, 5) is 14.4. The van der Waals surface area contributed by atoms with Crippen LogP contribution in [0, 0.1) is 11.7 Å². The number of rotatable bonds is 7. The molecule has 0 aromatic heterocycles. The van der Waals surface area contributed by atoms with E-state index in [4.69, 9.17) is 9.47 Å². The number of benzene rings is 1. The molecule has 1 aliphatic rings. The van der Waals surface area contributed by atoms with E-state index in [2.05, 4.69) is 24.1 Å². The van der Waals surface area contributed by atoms with Crippen LogP contribution >= 0.6 is 0 Å². The zero-order chi connectivity index (χ0) is 18.2. The first-order valence-corrected chi connectivity index (χ1v) is 8.62. The second-order valence-corrected chi connectivity index (χ2v) is 6.43. The number of halogens is 1. The van der Waals surface area contributed by atoms with Gasteiger partial charge in [-0.2, -0.15) is 0 Å². The Hall–Kier alpha value is -1.92. The molecular formula is C19H27FN2O3. The predicted octanol–water partition coefficient (Wildman–Crippen LogP) is 2.32. The van der Waals surface area contributed by atoms with Gasteiger partial charge in [0.2, 0.25) is 5.91 Å². The van der Waals surface area contributed by atoms with Gasteiger partial charge < -0.3 is 14.8 Å². The summed E-state index contributed by atoms with van der Waals surface area (Å²) in [7, 11) is 1.42. The number of morpholine rings is 1. The lowest BCUT2D eigenvalue weighted by Crippen LogP contribution is -2.51. The van der Waals surface area contributed by atoms with Crippen LogP contribution in [-0.2, 0) is 9.53 Å². The number of amides is 1. The number of hydrogen-bond acceptors (Lipinski definition) is 4. The van der Waals surface area contributed by atoms with Gasteiger partial charge in [-0.15, -0.1) is 0 Å². The fourth-order valence-electron chi connectivity index (χ4n) is 2.92. The molecule has 1 atom stereocenters. The van der Waals surface area contributed by atoms with Gasteiger partial charge in [0.05, 0.1) is 20.3 Å². The molecule has 2 rings (SSSR count). The smallest absolute Gasteiger partial charge is 0.244 e. The third-order valence-corrected chi connectivity index (χ3v) is 4.37. The monoisotopic (exact) mass is 350 g/mol. The highest BCUT2D eigenvalue weighted by atomic mass is 19.1. The zero-order valence-corrected chi connectivity index (χ0v) is 15.1. The van der Waals surface area contributed by atoms with Crippen LogP contribution in [0.3, 0.4) is 0 Å². The zero-order valence-electron chi connectivity index (χ0n) is 15.1. The molecule has 1 saturated heterocycles. The number of nitrogens with one attached hydrogen (secondary N) is 1. The first kappa shape index (κ1) is 19.4. The molecule has 0 radical (unpaired) electrons. The number of nitrogens with zero attached hydrogens (tertiary/aromatic N) is 1. The van der Waals surface area contributed by atoms with Crippen molar-refractivity contribution in [1.29, 1.82) is 0 Å². The van der Waals surface area contributed by atoms with Crippen LogP contribution in [0.1, 0.15) is 19.4 Å². The lowest BCUT2D eigenvalue weighted by molar-refractivity contribution is -0.116. The number of carbonyl (C=O) groups is 1. The van der Waals surface area contributed by atoms with E-state index < -0.39 is 5.82 Å². The van der Waals surface area contributed by atoms with E-state index in [0.29, 0.717) is 18.0 Å². The highest BCUT2D eigenvalue weighted by Gasteiger charge is 2.23. The summed E-state index contributed by atoms with van der Waals surface area (Å²) in [5.41, 5.74) is 0.613. The first-order chi connectivity index (χ1) is 12.0. The highest BCUT2D eigenvalue weighted by molar-refractivity contribution is 5.91. The van der Waals surface area contributed by atoms with Gasteiger partial charge in [0.15, 0.2) is 11.6 Å². The van der Waals surface area contributed by atoms with E-state index in [1.54, 1.807) is 18.2 Å². The van der Waals surface area contributed by atoms with Crippen LogP contribution in [0.5, 0.6) is 5.75 Å². The molecule has 1 aromatic rings. The van der Waals surface area contributed by atoms with E-state index >= 15 is 0 Å². The van der Waals surface area contributed by atoms with Crippen molar-refractivity contribution < 1.29 is 18.7 Å². The Labute approximate surface area is 148 Å². The van der Waals surface area contributed by atoms with Crippen molar-refractivity contribution in [3.05, 3.63) is 35.7 Å². The van der Waals surface area contributed by atoms with Crippen LogP contribution in [0.4, 0.5) is 4.39 Å². The van der Waals surface area contributed by atoms with E-state index in [-0.39, 0.29) is 17.7 Å². The fraction of sp³-hybridized carbons (Fsp3) is 0.526. The molecule has 1 heterocycles. The van der Waals surface area contributed by atoms with Gasteiger partial charge in [-0.25, -0.2) is 4.39 Å². The molecular weight excluding hydrogens is 323 g/mol. The number of ether oxygens (including phenoxy) is 2. The molecule has 138 valence electrons. The summed E-state index contributed by atoms with van der Waals surface area (Å²) in [5.74, 6) is -0.0164. The van der Waals surface area contributed by atoms with Crippen molar-refractivity contribution in [3.63, 3.8) is 0 Å². The summed E-state index contributed by atoms with van der Waals surface area (Å²) in [6.45, 7) is 8.14. The Morgan fingerprint density at radius 3 is 2.72 bits per heavy atom. The maximum atomic E-state index is 13.6. The molecule has 0 spiro atoms. The van der Waals surface area contributed by atoms with Gasteiger partial charge in [0.25, 0.3) is 0 Å². The summed E-state index contributed by atoms with van der Waals surface area (Å²) >= 11 is 0. The van der Waals surface area contributed by atoms with Crippen LogP contribution < -0.4 is 10.1 Å². The average Bonchev–Trinajstić information content (AvgIpc) is 2.61. The van der Waals surface area contributed by atoms with E-state index in [1.165, 1.54) is 19.3 Å². The van der Waals surface area contributed by atoms with Crippen molar-refractivity contribution >= 4 is 12.0 Å². The van der Waals surface area contributed by atoms with Crippen LogP contribution in [-0.4, -0.2) is 56.8 Å². The summed E-state index contributed by atoms with van der Waals surface area (Å²) < 4.78 is 23.9. The van der Waals surface area contributed by atoms with Crippen molar-refractivity contribution in [1.82, 2.24) is 10.2 Å². The Kier molecular flexibility index (Phi) is 7.40. The molecule has 5 nitrogen and oxygen atoms in total. The van der Waals surface area contributed by atoms with Gasteiger partial charge in [-0.05, 0) is 29.7 Å². The maximum absolute atomic E-state index is 13.6. The highest BCUT2D eigenvalue weighted by Crippen LogP contribution is 2.18. The first-order valence-electron chi connectivity index (χ1n) is 8.62. The summed E-state index contributed by atoms with van der Waals surface area (Å²) in [6.07, 6.45) is 3.02.